The monoisotopic (exact) mass is 405 g/mol. The van der Waals surface area contributed by atoms with Crippen LogP contribution in [-0.4, -0.2) is 42.0 Å². The zero-order chi connectivity index (χ0) is 20.1. The Balaban J connectivity index is 1.46. The fourth-order valence-corrected chi connectivity index (χ4v) is 4.80. The second-order valence-electron chi connectivity index (χ2n) is 7.57. The average Bonchev–Trinajstić information content (AvgIpc) is 3.04. The van der Waals surface area contributed by atoms with Crippen LogP contribution < -0.4 is 4.90 Å². The molecule has 4 rings (SSSR count). The van der Waals surface area contributed by atoms with Crippen molar-refractivity contribution >= 4 is 22.4 Å². The Kier molecular flexibility index (Phi) is 6.25. The number of carbonyl (C=O) groups excluding carboxylic acids is 1. The van der Waals surface area contributed by atoms with Crippen molar-refractivity contribution in [3.8, 4) is 0 Å². The molecule has 1 aromatic heterocycles. The number of carbonyl (C=O) groups is 1. The molecule has 0 N–H and O–H groups in total. The summed E-state index contributed by atoms with van der Waals surface area (Å²) in [5.41, 5.74) is 3.46. The number of aryl methyl sites for hydroxylation is 1. The van der Waals surface area contributed by atoms with E-state index in [2.05, 4.69) is 63.8 Å². The van der Waals surface area contributed by atoms with E-state index in [1.54, 1.807) is 11.3 Å². The Hall–Kier alpha value is -2.66. The summed E-state index contributed by atoms with van der Waals surface area (Å²) in [5, 5.41) is 3.16. The highest BCUT2D eigenvalue weighted by Gasteiger charge is 2.24. The molecular weight excluding hydrogens is 378 g/mol. The number of aromatic nitrogens is 1. The van der Waals surface area contributed by atoms with Gasteiger partial charge in [0.25, 0.3) is 0 Å². The van der Waals surface area contributed by atoms with Crippen LogP contribution in [0.15, 0.2) is 66.0 Å². The number of hydrogen-bond donors (Lipinski definition) is 0. The molecule has 150 valence electrons. The van der Waals surface area contributed by atoms with Gasteiger partial charge in [-0.2, -0.15) is 0 Å². The minimum atomic E-state index is 0.0888. The molecule has 3 aromatic rings. The Labute approximate surface area is 176 Å². The predicted molar refractivity (Wildman–Crippen MR) is 120 cm³/mol. The molecule has 1 fully saturated rings. The van der Waals surface area contributed by atoms with Gasteiger partial charge in [-0.1, -0.05) is 60.7 Å². The molecule has 4 nitrogen and oxygen atoms in total. The largest absolute Gasteiger partial charge is 0.346 e. The molecular formula is C24H27N3OS. The molecule has 1 amide bonds. The van der Waals surface area contributed by atoms with E-state index >= 15 is 0 Å². The number of rotatable bonds is 5. The highest BCUT2D eigenvalue weighted by molar-refractivity contribution is 7.13. The van der Waals surface area contributed by atoms with Crippen molar-refractivity contribution in [2.75, 3.05) is 31.1 Å². The zero-order valence-corrected chi connectivity index (χ0v) is 17.6. The van der Waals surface area contributed by atoms with Crippen molar-refractivity contribution in [1.29, 1.82) is 0 Å². The van der Waals surface area contributed by atoms with Gasteiger partial charge in [-0.15, -0.1) is 11.3 Å². The minimum absolute atomic E-state index is 0.0888. The molecule has 0 radical (unpaired) electrons. The van der Waals surface area contributed by atoms with Gasteiger partial charge in [-0.25, -0.2) is 4.98 Å². The summed E-state index contributed by atoms with van der Waals surface area (Å²) < 4.78 is 0. The summed E-state index contributed by atoms with van der Waals surface area (Å²) in [5.74, 6) is 0.325. The summed E-state index contributed by atoms with van der Waals surface area (Å²) in [6.07, 6.45) is 1.48. The fourth-order valence-electron chi connectivity index (χ4n) is 3.95. The summed E-state index contributed by atoms with van der Waals surface area (Å²) in [7, 11) is 0. The first-order valence-electron chi connectivity index (χ1n) is 10.3. The molecule has 0 aliphatic carbocycles. The number of thiazole rings is 1. The van der Waals surface area contributed by atoms with E-state index in [1.807, 2.05) is 24.0 Å². The summed E-state index contributed by atoms with van der Waals surface area (Å²) in [6, 6.07) is 20.8. The number of benzene rings is 2. The number of amides is 1. The topological polar surface area (TPSA) is 36.4 Å². The molecule has 0 spiro atoms. The van der Waals surface area contributed by atoms with Gasteiger partial charge < -0.3 is 9.80 Å². The molecule has 2 aromatic carbocycles. The van der Waals surface area contributed by atoms with E-state index in [1.165, 1.54) is 11.1 Å². The summed E-state index contributed by atoms with van der Waals surface area (Å²) in [4.78, 5) is 22.2. The maximum atomic E-state index is 13.2. The SMILES string of the molecule is Cc1csc(N2CCCN(C(=O)CC(c3ccccc3)c3ccccc3)CC2)n1. The second-order valence-corrected chi connectivity index (χ2v) is 8.41. The van der Waals surface area contributed by atoms with Crippen molar-refractivity contribution in [2.45, 2.75) is 25.7 Å². The normalized spacial score (nSPS) is 14.8. The molecule has 2 heterocycles. The van der Waals surface area contributed by atoms with Crippen molar-refractivity contribution in [3.63, 3.8) is 0 Å². The maximum Gasteiger partial charge on any atom is 0.223 e. The van der Waals surface area contributed by atoms with Crippen LogP contribution in [0.1, 0.15) is 35.6 Å². The van der Waals surface area contributed by atoms with Gasteiger partial charge in [0.1, 0.15) is 0 Å². The lowest BCUT2D eigenvalue weighted by Crippen LogP contribution is -2.36. The van der Waals surface area contributed by atoms with Gasteiger partial charge in [0.15, 0.2) is 5.13 Å². The number of hydrogen-bond acceptors (Lipinski definition) is 4. The third-order valence-electron chi connectivity index (χ3n) is 5.51. The van der Waals surface area contributed by atoms with Crippen molar-refractivity contribution in [1.82, 2.24) is 9.88 Å². The van der Waals surface area contributed by atoms with Gasteiger partial charge in [0.05, 0.1) is 5.69 Å². The lowest BCUT2D eigenvalue weighted by molar-refractivity contribution is -0.131. The second kappa shape index (κ2) is 9.23. The summed E-state index contributed by atoms with van der Waals surface area (Å²) >= 11 is 1.69. The Bertz CT molecular complexity index is 886. The van der Waals surface area contributed by atoms with Gasteiger partial charge in [-0.05, 0) is 24.5 Å². The van der Waals surface area contributed by atoms with Crippen LogP contribution >= 0.6 is 11.3 Å². The number of nitrogens with zero attached hydrogens (tertiary/aromatic N) is 3. The van der Waals surface area contributed by atoms with E-state index in [9.17, 15) is 4.79 Å². The molecule has 0 unspecified atom stereocenters. The molecule has 5 heteroatoms. The fraction of sp³-hybridized carbons (Fsp3) is 0.333. The molecule has 1 saturated heterocycles. The first-order chi connectivity index (χ1) is 14.2. The number of anilines is 1. The quantitative estimate of drug-likeness (QED) is 0.617. The predicted octanol–water partition coefficient (Wildman–Crippen LogP) is 4.71. The van der Waals surface area contributed by atoms with Crippen molar-refractivity contribution < 1.29 is 4.79 Å². The van der Waals surface area contributed by atoms with Crippen LogP contribution in [0.3, 0.4) is 0 Å². The van der Waals surface area contributed by atoms with Crippen LogP contribution in [0.5, 0.6) is 0 Å². The lowest BCUT2D eigenvalue weighted by Gasteiger charge is -2.25. The third kappa shape index (κ3) is 4.85. The van der Waals surface area contributed by atoms with Crippen molar-refractivity contribution in [3.05, 3.63) is 82.9 Å². The Morgan fingerprint density at radius 3 is 2.21 bits per heavy atom. The van der Waals surface area contributed by atoms with Crippen molar-refractivity contribution in [2.24, 2.45) is 0 Å². The first kappa shape index (κ1) is 19.6. The Morgan fingerprint density at radius 1 is 0.966 bits per heavy atom. The van der Waals surface area contributed by atoms with E-state index in [-0.39, 0.29) is 11.8 Å². The van der Waals surface area contributed by atoms with E-state index in [4.69, 9.17) is 0 Å². The van der Waals surface area contributed by atoms with Gasteiger partial charge in [-0.3, -0.25) is 4.79 Å². The minimum Gasteiger partial charge on any atom is -0.346 e. The highest BCUT2D eigenvalue weighted by atomic mass is 32.1. The van der Waals surface area contributed by atoms with Crippen LogP contribution in [0.2, 0.25) is 0 Å². The first-order valence-corrected chi connectivity index (χ1v) is 11.1. The highest BCUT2D eigenvalue weighted by Crippen LogP contribution is 2.29. The maximum absolute atomic E-state index is 13.2. The zero-order valence-electron chi connectivity index (χ0n) is 16.8. The molecule has 1 aliphatic rings. The molecule has 29 heavy (non-hydrogen) atoms. The summed E-state index contributed by atoms with van der Waals surface area (Å²) in [6.45, 7) is 5.41. The van der Waals surface area contributed by atoms with Crippen LogP contribution in [0.25, 0.3) is 0 Å². The van der Waals surface area contributed by atoms with E-state index < -0.39 is 0 Å². The van der Waals surface area contributed by atoms with Gasteiger partial charge >= 0.3 is 0 Å². The van der Waals surface area contributed by atoms with E-state index in [0.29, 0.717) is 6.42 Å². The van der Waals surface area contributed by atoms with Gasteiger partial charge in [0, 0.05) is 43.9 Å². The lowest BCUT2D eigenvalue weighted by atomic mass is 9.88. The van der Waals surface area contributed by atoms with Crippen LogP contribution in [-0.2, 0) is 4.79 Å². The van der Waals surface area contributed by atoms with E-state index in [0.717, 1.165) is 43.4 Å². The van der Waals surface area contributed by atoms with Crippen LogP contribution in [0, 0.1) is 6.92 Å². The molecule has 1 aliphatic heterocycles. The standard InChI is InChI=1S/C24H27N3OS/c1-19-18-29-24(25-19)27-14-8-13-26(15-16-27)23(28)17-22(20-9-4-2-5-10-20)21-11-6-3-7-12-21/h2-7,9-12,18,22H,8,13-17H2,1H3. The Morgan fingerprint density at radius 2 is 1.62 bits per heavy atom. The van der Waals surface area contributed by atoms with Crippen LogP contribution in [0.4, 0.5) is 5.13 Å². The molecule has 0 bridgehead atoms. The average molecular weight is 406 g/mol. The molecule has 0 saturated carbocycles. The third-order valence-corrected chi connectivity index (χ3v) is 6.53. The van der Waals surface area contributed by atoms with Gasteiger partial charge in [0.2, 0.25) is 5.91 Å². The smallest absolute Gasteiger partial charge is 0.223 e. The molecule has 0 atom stereocenters.